The lowest BCUT2D eigenvalue weighted by Gasteiger charge is -2.35. The van der Waals surface area contributed by atoms with E-state index in [1.165, 1.54) is 82.3 Å². The van der Waals surface area contributed by atoms with Gasteiger partial charge in [-0.15, -0.1) is 0 Å². The zero-order valence-corrected chi connectivity index (χ0v) is 35.6. The lowest BCUT2D eigenvalue weighted by atomic mass is 9.67. The van der Waals surface area contributed by atoms with Crippen molar-refractivity contribution >= 4 is 60.4 Å². The Kier molecular flexibility index (Phi) is 8.47. The first-order valence-electron chi connectivity index (χ1n) is 22.5. The normalized spacial score (nSPS) is 12.7. The van der Waals surface area contributed by atoms with Crippen molar-refractivity contribution in [1.82, 2.24) is 4.57 Å². The van der Waals surface area contributed by atoms with Gasteiger partial charge in [0.25, 0.3) is 0 Å². The Morgan fingerprint density at radius 3 is 1.62 bits per heavy atom. The summed E-state index contributed by atoms with van der Waals surface area (Å²) in [4.78, 5) is 2.49. The predicted molar refractivity (Wildman–Crippen MR) is 273 cm³/mol. The van der Waals surface area contributed by atoms with Crippen LogP contribution in [0.5, 0.6) is 0 Å². The fraction of sp³-hybridized carbons (Fsp3) is 0.0159. The van der Waals surface area contributed by atoms with E-state index in [0.29, 0.717) is 0 Å². The van der Waals surface area contributed by atoms with Gasteiger partial charge >= 0.3 is 0 Å². The molecule has 1 heterocycles. The van der Waals surface area contributed by atoms with Crippen LogP contribution in [0.3, 0.4) is 0 Å². The maximum absolute atomic E-state index is 2.49. The third-order valence-electron chi connectivity index (χ3n) is 13.8. The lowest BCUT2D eigenvalue weighted by molar-refractivity contribution is 0.768. The van der Waals surface area contributed by atoms with Crippen LogP contribution in [-0.4, -0.2) is 4.57 Å². The molecule has 12 aromatic rings. The molecule has 0 fully saturated rings. The minimum absolute atomic E-state index is 0.542. The van der Waals surface area contributed by atoms with Crippen molar-refractivity contribution in [3.05, 3.63) is 277 Å². The molecule has 0 radical (unpaired) electrons. The van der Waals surface area contributed by atoms with Crippen molar-refractivity contribution in [3.8, 4) is 27.9 Å². The average Bonchev–Trinajstić information content (AvgIpc) is 3.87. The summed E-state index contributed by atoms with van der Waals surface area (Å²) in [6.07, 6.45) is 0. The minimum Gasteiger partial charge on any atom is -0.310 e. The molecule has 2 nitrogen and oxygen atoms in total. The van der Waals surface area contributed by atoms with Gasteiger partial charge in [0.1, 0.15) is 0 Å². The molecule has 1 aromatic heterocycles. The minimum atomic E-state index is -0.542. The van der Waals surface area contributed by atoms with Crippen LogP contribution in [0.4, 0.5) is 17.1 Å². The van der Waals surface area contributed by atoms with Crippen molar-refractivity contribution < 1.29 is 0 Å². The van der Waals surface area contributed by atoms with E-state index in [0.717, 1.165) is 28.3 Å². The van der Waals surface area contributed by atoms with Gasteiger partial charge < -0.3 is 9.47 Å². The largest absolute Gasteiger partial charge is 0.310 e. The Balaban J connectivity index is 1.15. The molecule has 1 aliphatic rings. The molecule has 0 N–H and O–H groups in total. The van der Waals surface area contributed by atoms with E-state index in [-0.39, 0.29) is 0 Å². The monoisotopic (exact) mass is 826 g/mol. The number of nitrogens with zero attached hydrogens (tertiary/aromatic N) is 2. The van der Waals surface area contributed by atoms with Gasteiger partial charge in [0.15, 0.2) is 0 Å². The molecule has 65 heavy (non-hydrogen) atoms. The standard InChI is InChI=1S/C63H42N2/c1-4-22-48(23-5-1)63(49-24-6-2-7-25-49)58-30-16-14-28-54(58)55-37-36-52(41-59(55)63)64(51-35-34-44-19-11-13-21-46(44)39-51)53-40-57(47-33-32-43-18-10-12-20-45(43)38-47)62-56-29-15-17-31-60(56)65(61(62)42-53)50-26-8-3-9-27-50/h1-42H. The Morgan fingerprint density at radius 1 is 0.323 bits per heavy atom. The van der Waals surface area contributed by atoms with Gasteiger partial charge in [0.05, 0.1) is 16.4 Å². The van der Waals surface area contributed by atoms with Crippen LogP contribution in [0.2, 0.25) is 0 Å². The number of hydrogen-bond donors (Lipinski definition) is 0. The number of anilines is 3. The van der Waals surface area contributed by atoms with E-state index >= 15 is 0 Å². The van der Waals surface area contributed by atoms with Crippen LogP contribution in [0.1, 0.15) is 22.3 Å². The number of hydrogen-bond acceptors (Lipinski definition) is 1. The Morgan fingerprint density at radius 2 is 0.877 bits per heavy atom. The van der Waals surface area contributed by atoms with Crippen LogP contribution in [-0.2, 0) is 5.41 Å². The Hall–Kier alpha value is -8.46. The molecule has 13 rings (SSSR count). The molecule has 0 unspecified atom stereocenters. The van der Waals surface area contributed by atoms with Crippen molar-refractivity contribution in [2.45, 2.75) is 5.41 Å². The van der Waals surface area contributed by atoms with E-state index in [1.54, 1.807) is 0 Å². The molecule has 0 saturated heterocycles. The summed E-state index contributed by atoms with van der Waals surface area (Å²) in [7, 11) is 0. The summed E-state index contributed by atoms with van der Waals surface area (Å²) in [5, 5.41) is 7.32. The first kappa shape index (κ1) is 37.1. The predicted octanol–water partition coefficient (Wildman–Crippen LogP) is 16.6. The van der Waals surface area contributed by atoms with Gasteiger partial charge in [0.2, 0.25) is 0 Å². The van der Waals surface area contributed by atoms with Crippen molar-refractivity contribution in [2.24, 2.45) is 0 Å². The van der Waals surface area contributed by atoms with E-state index in [9.17, 15) is 0 Å². The van der Waals surface area contributed by atoms with Crippen LogP contribution in [0.15, 0.2) is 255 Å². The molecule has 0 bridgehead atoms. The van der Waals surface area contributed by atoms with E-state index < -0.39 is 5.41 Å². The van der Waals surface area contributed by atoms with Crippen molar-refractivity contribution in [2.75, 3.05) is 4.90 Å². The highest BCUT2D eigenvalue weighted by atomic mass is 15.1. The van der Waals surface area contributed by atoms with Gasteiger partial charge in [-0.3, -0.25) is 0 Å². The van der Waals surface area contributed by atoms with Crippen LogP contribution in [0, 0.1) is 0 Å². The van der Waals surface area contributed by atoms with Crippen molar-refractivity contribution in [1.29, 1.82) is 0 Å². The van der Waals surface area contributed by atoms with Crippen molar-refractivity contribution in [3.63, 3.8) is 0 Å². The zero-order valence-electron chi connectivity index (χ0n) is 35.6. The van der Waals surface area contributed by atoms with Gasteiger partial charge in [-0.25, -0.2) is 0 Å². The summed E-state index contributed by atoms with van der Waals surface area (Å²) in [6, 6.07) is 94.2. The summed E-state index contributed by atoms with van der Waals surface area (Å²) in [5.41, 5.74) is 16.2. The maximum Gasteiger partial charge on any atom is 0.0714 e. The number of aromatic nitrogens is 1. The van der Waals surface area contributed by atoms with Gasteiger partial charge in [-0.2, -0.15) is 0 Å². The van der Waals surface area contributed by atoms with E-state index in [4.69, 9.17) is 0 Å². The first-order chi connectivity index (χ1) is 32.2. The van der Waals surface area contributed by atoms with Crippen LogP contribution < -0.4 is 4.90 Å². The van der Waals surface area contributed by atoms with E-state index in [2.05, 4.69) is 264 Å². The van der Waals surface area contributed by atoms with Crippen LogP contribution in [0.25, 0.3) is 71.3 Å². The molecular weight excluding hydrogens is 785 g/mol. The van der Waals surface area contributed by atoms with E-state index in [1.807, 2.05) is 0 Å². The fourth-order valence-corrected chi connectivity index (χ4v) is 11.0. The third-order valence-corrected chi connectivity index (χ3v) is 13.8. The highest BCUT2D eigenvalue weighted by Gasteiger charge is 2.46. The number of para-hydroxylation sites is 2. The Bertz CT molecular complexity index is 3730. The molecular formula is C63H42N2. The third kappa shape index (κ3) is 5.74. The summed E-state index contributed by atoms with van der Waals surface area (Å²) in [5.74, 6) is 0. The van der Waals surface area contributed by atoms with Gasteiger partial charge in [-0.1, -0.05) is 194 Å². The number of benzene rings is 11. The number of rotatable bonds is 7. The topological polar surface area (TPSA) is 8.17 Å². The molecule has 0 spiro atoms. The highest BCUT2D eigenvalue weighted by Crippen LogP contribution is 2.57. The molecule has 1 aliphatic carbocycles. The number of fused-ring (bicyclic) bond motifs is 8. The fourth-order valence-electron chi connectivity index (χ4n) is 11.0. The molecule has 0 amide bonds. The first-order valence-corrected chi connectivity index (χ1v) is 22.5. The summed E-state index contributed by atoms with van der Waals surface area (Å²) >= 11 is 0. The molecule has 0 saturated carbocycles. The summed E-state index contributed by atoms with van der Waals surface area (Å²) in [6.45, 7) is 0. The second-order valence-electron chi connectivity index (χ2n) is 17.3. The molecule has 11 aromatic carbocycles. The zero-order chi connectivity index (χ0) is 42.9. The average molecular weight is 827 g/mol. The lowest BCUT2D eigenvalue weighted by Crippen LogP contribution is -2.28. The quantitative estimate of drug-likeness (QED) is 0.155. The molecule has 0 aliphatic heterocycles. The molecule has 0 atom stereocenters. The van der Waals surface area contributed by atoms with Gasteiger partial charge in [0, 0.05) is 33.5 Å². The maximum atomic E-state index is 2.49. The SMILES string of the molecule is c1ccc(-n2c3ccccc3c3c(-c4ccc5ccccc5c4)cc(N(c4ccc5c(c4)C(c4ccccc4)(c4ccccc4)c4ccccc4-5)c4ccc5ccccc5c4)cc32)cc1. The van der Waals surface area contributed by atoms with Gasteiger partial charge in [-0.05, 0) is 127 Å². The molecule has 2 heteroatoms. The second-order valence-corrected chi connectivity index (χ2v) is 17.3. The van der Waals surface area contributed by atoms with Crippen LogP contribution >= 0.6 is 0 Å². The second kappa shape index (κ2) is 14.8. The Labute approximate surface area is 378 Å². The summed E-state index contributed by atoms with van der Waals surface area (Å²) < 4.78 is 2.45. The highest BCUT2D eigenvalue weighted by molar-refractivity contribution is 6.17. The molecule has 304 valence electrons. The smallest absolute Gasteiger partial charge is 0.0714 e.